The Labute approximate surface area is 468 Å². The zero-order valence-electron chi connectivity index (χ0n) is 49.4. The molecule has 0 aliphatic carbocycles. The van der Waals surface area contributed by atoms with Crippen molar-refractivity contribution >= 4 is 13.7 Å². The molecule has 0 aromatic carbocycles. The number of nitrogens with one attached hydrogen (secondary N) is 1. The van der Waals surface area contributed by atoms with Gasteiger partial charge in [-0.1, -0.05) is 250 Å². The minimum Gasteiger partial charge on any atom is -0.756 e. The van der Waals surface area contributed by atoms with Gasteiger partial charge in [0.25, 0.3) is 7.82 Å². The first-order chi connectivity index (χ1) is 37.0. The highest BCUT2D eigenvalue weighted by Crippen LogP contribution is 2.38. The van der Waals surface area contributed by atoms with E-state index in [0.29, 0.717) is 17.4 Å². The number of rotatable bonds is 54. The zero-order valence-corrected chi connectivity index (χ0v) is 50.3. The molecule has 0 radical (unpaired) electrons. The summed E-state index contributed by atoms with van der Waals surface area (Å²) in [6.07, 6.45) is 85.4. The van der Waals surface area contributed by atoms with E-state index in [-0.39, 0.29) is 12.5 Å². The van der Waals surface area contributed by atoms with E-state index in [9.17, 15) is 19.4 Å². The average Bonchev–Trinajstić information content (AvgIpc) is 3.38. The Morgan fingerprint density at radius 3 is 1.22 bits per heavy atom. The maximum atomic E-state index is 13.0. The van der Waals surface area contributed by atoms with E-state index in [1.165, 1.54) is 89.9 Å². The maximum Gasteiger partial charge on any atom is 0.268 e. The minimum atomic E-state index is -4.63. The van der Waals surface area contributed by atoms with Crippen LogP contribution in [0.15, 0.2) is 134 Å². The number of aliphatic hydroxyl groups excluding tert-OH is 1. The van der Waals surface area contributed by atoms with Crippen LogP contribution in [0.1, 0.15) is 232 Å². The van der Waals surface area contributed by atoms with Crippen LogP contribution in [0.2, 0.25) is 0 Å². The van der Waals surface area contributed by atoms with Crippen LogP contribution in [0, 0.1) is 0 Å². The molecule has 0 rings (SSSR count). The highest BCUT2D eigenvalue weighted by atomic mass is 31.2. The molecule has 0 saturated carbocycles. The third kappa shape index (κ3) is 58.3. The Bertz CT molecular complexity index is 1700. The molecule has 8 nitrogen and oxygen atoms in total. The fourth-order valence-corrected chi connectivity index (χ4v) is 8.81. The van der Waals surface area contributed by atoms with Crippen LogP contribution in [-0.4, -0.2) is 68.5 Å². The van der Waals surface area contributed by atoms with E-state index >= 15 is 0 Å². The predicted molar refractivity (Wildman–Crippen MR) is 329 cm³/mol. The van der Waals surface area contributed by atoms with Gasteiger partial charge in [0.2, 0.25) is 5.91 Å². The van der Waals surface area contributed by atoms with Crippen LogP contribution in [0.3, 0.4) is 0 Å². The maximum absolute atomic E-state index is 13.0. The van der Waals surface area contributed by atoms with Gasteiger partial charge >= 0.3 is 0 Å². The lowest BCUT2D eigenvalue weighted by Gasteiger charge is -2.29. The zero-order chi connectivity index (χ0) is 55.6. The van der Waals surface area contributed by atoms with Gasteiger partial charge in [0, 0.05) is 6.42 Å². The van der Waals surface area contributed by atoms with Gasteiger partial charge in [0.1, 0.15) is 13.2 Å². The molecule has 9 heteroatoms. The van der Waals surface area contributed by atoms with E-state index in [0.717, 1.165) is 122 Å². The summed E-state index contributed by atoms with van der Waals surface area (Å²) in [6.45, 7) is 4.49. The molecule has 0 saturated heterocycles. The van der Waals surface area contributed by atoms with Crippen molar-refractivity contribution in [3.63, 3.8) is 0 Å². The van der Waals surface area contributed by atoms with Crippen LogP contribution in [0.4, 0.5) is 0 Å². The number of quaternary nitrogens is 1. The molecular formula is C67H115N2O6P. The third-order valence-electron chi connectivity index (χ3n) is 12.8. The Balaban J connectivity index is 4.33. The summed E-state index contributed by atoms with van der Waals surface area (Å²) in [6, 6.07) is -0.929. The Morgan fingerprint density at radius 1 is 0.474 bits per heavy atom. The lowest BCUT2D eigenvalue weighted by molar-refractivity contribution is -0.870. The molecule has 434 valence electrons. The number of likely N-dealkylation sites (N-methyl/N-ethyl adjacent to an activating group) is 1. The largest absolute Gasteiger partial charge is 0.756 e. The van der Waals surface area contributed by atoms with Gasteiger partial charge in [-0.3, -0.25) is 9.36 Å². The van der Waals surface area contributed by atoms with E-state index in [2.05, 4.69) is 141 Å². The highest BCUT2D eigenvalue weighted by molar-refractivity contribution is 7.45. The van der Waals surface area contributed by atoms with Crippen LogP contribution in [-0.2, 0) is 18.4 Å². The smallest absolute Gasteiger partial charge is 0.268 e. The summed E-state index contributed by atoms with van der Waals surface area (Å²) >= 11 is 0. The Kier molecular flexibility index (Phi) is 53.9. The summed E-state index contributed by atoms with van der Waals surface area (Å²) in [5, 5.41) is 13.9. The Hall–Kier alpha value is -3.36. The number of aliphatic hydroxyl groups is 1. The predicted octanol–water partition coefficient (Wildman–Crippen LogP) is 18.5. The molecular weight excluding hydrogens is 960 g/mol. The first-order valence-corrected chi connectivity index (χ1v) is 32.0. The second-order valence-electron chi connectivity index (χ2n) is 21.3. The van der Waals surface area contributed by atoms with Crippen molar-refractivity contribution in [3.8, 4) is 0 Å². The number of allylic oxidation sites excluding steroid dienone is 21. The van der Waals surface area contributed by atoms with E-state index in [1.54, 1.807) is 6.08 Å². The highest BCUT2D eigenvalue weighted by Gasteiger charge is 2.23. The summed E-state index contributed by atoms with van der Waals surface area (Å²) < 4.78 is 23.3. The van der Waals surface area contributed by atoms with Gasteiger partial charge in [-0.15, -0.1) is 0 Å². The topological polar surface area (TPSA) is 108 Å². The van der Waals surface area contributed by atoms with Crippen molar-refractivity contribution in [2.24, 2.45) is 0 Å². The van der Waals surface area contributed by atoms with Crippen molar-refractivity contribution in [2.45, 2.75) is 244 Å². The molecule has 2 N–H and O–H groups in total. The number of phosphoric acid groups is 1. The molecule has 0 bridgehead atoms. The second-order valence-corrected chi connectivity index (χ2v) is 22.7. The molecule has 3 atom stereocenters. The number of carbonyl (C=O) groups is 1. The van der Waals surface area contributed by atoms with Gasteiger partial charge in [-0.05, 0) is 109 Å². The first-order valence-electron chi connectivity index (χ1n) is 30.5. The van der Waals surface area contributed by atoms with E-state index in [4.69, 9.17) is 9.05 Å². The second kappa shape index (κ2) is 56.4. The van der Waals surface area contributed by atoms with Crippen LogP contribution in [0.5, 0.6) is 0 Å². The third-order valence-corrected chi connectivity index (χ3v) is 13.8. The quantitative estimate of drug-likeness (QED) is 0.0272. The fourth-order valence-electron chi connectivity index (χ4n) is 8.08. The van der Waals surface area contributed by atoms with Crippen molar-refractivity contribution in [2.75, 3.05) is 40.9 Å². The molecule has 3 unspecified atom stereocenters. The van der Waals surface area contributed by atoms with E-state index in [1.807, 2.05) is 27.2 Å². The van der Waals surface area contributed by atoms with Gasteiger partial charge in [0.05, 0.1) is 39.9 Å². The Morgan fingerprint density at radius 2 is 0.816 bits per heavy atom. The number of phosphoric ester groups is 1. The SMILES string of the molecule is CC/C=C\C/C=C\C/C=C\C/C=C\C/C=C\C/C=C\C/C=C\C/C=C\CCCCCCCCC(=O)NC(COP(=O)([O-])OCC[N+](C)(C)C)C(O)/C=C/CC/C=C/CC/C=C/CCCCCCCCCCCCCCC. The summed E-state index contributed by atoms with van der Waals surface area (Å²) in [5.41, 5.74) is 0. The lowest BCUT2D eigenvalue weighted by atomic mass is 10.0. The van der Waals surface area contributed by atoms with Gasteiger partial charge < -0.3 is 28.8 Å². The number of nitrogens with zero attached hydrogens (tertiary/aromatic N) is 1. The van der Waals surface area contributed by atoms with Crippen LogP contribution in [0.25, 0.3) is 0 Å². The van der Waals surface area contributed by atoms with Crippen molar-refractivity contribution in [1.29, 1.82) is 0 Å². The molecule has 76 heavy (non-hydrogen) atoms. The minimum absolute atomic E-state index is 0.0196. The first kappa shape index (κ1) is 72.6. The molecule has 0 aromatic rings. The lowest BCUT2D eigenvalue weighted by Crippen LogP contribution is -2.45. The van der Waals surface area contributed by atoms with Crippen molar-refractivity contribution < 1.29 is 32.9 Å². The molecule has 0 spiro atoms. The number of amides is 1. The molecule has 0 aliphatic rings. The monoisotopic (exact) mass is 1070 g/mol. The van der Waals surface area contributed by atoms with E-state index < -0.39 is 26.6 Å². The molecule has 0 aromatic heterocycles. The van der Waals surface area contributed by atoms with Gasteiger partial charge in [0.15, 0.2) is 0 Å². The number of unbranched alkanes of at least 4 members (excludes halogenated alkanes) is 21. The fraction of sp³-hybridized carbons (Fsp3) is 0.657. The molecule has 0 aliphatic heterocycles. The number of hydrogen-bond acceptors (Lipinski definition) is 6. The molecule has 0 fully saturated rings. The summed E-state index contributed by atoms with van der Waals surface area (Å²) in [4.78, 5) is 25.5. The normalized spacial score (nSPS) is 14.8. The number of hydrogen-bond donors (Lipinski definition) is 2. The standard InChI is InChI=1S/C67H115N2O6P/c1-6-8-10-12-14-16-18-20-22-24-26-28-30-31-32-33-34-35-36-37-39-41-43-45-47-49-51-53-55-57-59-61-67(71)68-65(64-75-76(72,73)74-63-62-69(3,4)5)66(70)60-58-56-54-52-50-48-46-44-42-40-38-29-27-25-23-21-19-17-15-13-11-9-7-2/h8,10,14,16,20,22,26,28,31-32,34-35,37,39,42-45,50,52,58,60,65-66,70H,6-7,9,11-13,15,17-19,21,23-25,27,29-30,33,36,38,40-41,46-49,51,53-57,59,61-64H2,1-5H3,(H-,68,71,72,73)/b10-8-,16-14-,22-20-,28-26-,32-31-,35-34-,39-37-,44-42+,45-43-,52-50+,60-58+. The van der Waals surface area contributed by atoms with Crippen molar-refractivity contribution in [1.82, 2.24) is 5.32 Å². The van der Waals surface area contributed by atoms with Crippen LogP contribution >= 0.6 is 7.82 Å². The van der Waals surface area contributed by atoms with Crippen LogP contribution < -0.4 is 10.2 Å². The molecule has 1 amide bonds. The molecule has 0 heterocycles. The van der Waals surface area contributed by atoms with Crippen molar-refractivity contribution in [3.05, 3.63) is 134 Å². The van der Waals surface area contributed by atoms with Gasteiger partial charge in [-0.2, -0.15) is 0 Å². The average molecular weight is 1080 g/mol. The summed E-state index contributed by atoms with van der Waals surface area (Å²) in [5.74, 6) is -0.231. The van der Waals surface area contributed by atoms with Gasteiger partial charge in [-0.25, -0.2) is 0 Å². The number of carbonyl (C=O) groups excluding carboxylic acids is 1. The summed E-state index contributed by atoms with van der Waals surface area (Å²) in [7, 11) is 1.21.